The van der Waals surface area contributed by atoms with E-state index in [9.17, 15) is 8.42 Å². The van der Waals surface area contributed by atoms with E-state index in [0.717, 1.165) is 6.42 Å². The summed E-state index contributed by atoms with van der Waals surface area (Å²) in [6, 6.07) is 1.46. The van der Waals surface area contributed by atoms with Crippen molar-refractivity contribution >= 4 is 26.0 Å². The van der Waals surface area contributed by atoms with E-state index in [0.29, 0.717) is 23.5 Å². The fourth-order valence-electron chi connectivity index (χ4n) is 1.97. The van der Waals surface area contributed by atoms with Gasteiger partial charge in [0, 0.05) is 36.0 Å². The normalized spacial score (nSPS) is 26.2. The molecule has 2 N–H and O–H groups in total. The molecule has 0 radical (unpaired) electrons. The summed E-state index contributed by atoms with van der Waals surface area (Å²) in [6.07, 6.45) is 3.72. The first-order valence-electron chi connectivity index (χ1n) is 5.77. The van der Waals surface area contributed by atoms with Crippen molar-refractivity contribution < 1.29 is 8.42 Å². The Morgan fingerprint density at radius 3 is 2.83 bits per heavy atom. The van der Waals surface area contributed by atoms with E-state index >= 15 is 0 Å². The fraction of sp³-hybridized carbons (Fsp3) is 0.545. The molecule has 1 aliphatic heterocycles. The number of hydrogen-bond acceptors (Lipinski definition) is 4. The highest BCUT2D eigenvalue weighted by atomic mass is 79.9. The molecule has 0 saturated carbocycles. The Morgan fingerprint density at radius 1 is 1.50 bits per heavy atom. The number of sulfonamides is 1. The molecule has 7 heteroatoms. The number of nitrogens with zero attached hydrogens (tertiary/aromatic N) is 2. The first-order chi connectivity index (χ1) is 8.41. The minimum atomic E-state index is -3.48. The van der Waals surface area contributed by atoms with Crippen LogP contribution in [0.15, 0.2) is 27.8 Å². The summed E-state index contributed by atoms with van der Waals surface area (Å²) < 4.78 is 26.9. The highest BCUT2D eigenvalue weighted by Gasteiger charge is 2.32. The topological polar surface area (TPSA) is 76.3 Å². The molecule has 18 heavy (non-hydrogen) atoms. The van der Waals surface area contributed by atoms with Crippen LogP contribution >= 0.6 is 15.9 Å². The standard InChI is InChI=1S/C11H16BrN3O2S/c1-8-2-3-15(7-11(8)13)18(16,17)10-4-9(12)5-14-6-10/h4-6,8,11H,2-3,7,13H2,1H3. The molecule has 2 heterocycles. The molecule has 1 aromatic rings. The molecule has 2 atom stereocenters. The third kappa shape index (κ3) is 2.74. The first kappa shape index (κ1) is 13.9. The lowest BCUT2D eigenvalue weighted by Crippen LogP contribution is -2.49. The zero-order valence-electron chi connectivity index (χ0n) is 10.1. The van der Waals surface area contributed by atoms with E-state index in [1.807, 2.05) is 0 Å². The summed E-state index contributed by atoms with van der Waals surface area (Å²) in [5.41, 5.74) is 5.94. The number of rotatable bonds is 2. The fourth-order valence-corrected chi connectivity index (χ4v) is 3.97. The van der Waals surface area contributed by atoms with Crippen LogP contribution in [0.25, 0.3) is 0 Å². The van der Waals surface area contributed by atoms with E-state index in [1.54, 1.807) is 12.3 Å². The van der Waals surface area contributed by atoms with Crippen LogP contribution in [-0.4, -0.2) is 36.8 Å². The van der Waals surface area contributed by atoms with Crippen molar-refractivity contribution in [1.29, 1.82) is 0 Å². The Hall–Kier alpha value is -0.500. The maximum Gasteiger partial charge on any atom is 0.244 e. The number of pyridine rings is 1. The van der Waals surface area contributed by atoms with Crippen LogP contribution in [0.5, 0.6) is 0 Å². The Kier molecular flexibility index (Phi) is 4.05. The summed E-state index contributed by atoms with van der Waals surface area (Å²) in [7, 11) is -3.48. The van der Waals surface area contributed by atoms with E-state index in [4.69, 9.17) is 5.73 Å². The van der Waals surface area contributed by atoms with E-state index < -0.39 is 10.0 Å². The van der Waals surface area contributed by atoms with Crippen molar-refractivity contribution in [2.24, 2.45) is 11.7 Å². The molecule has 1 aliphatic rings. The zero-order valence-corrected chi connectivity index (χ0v) is 12.5. The van der Waals surface area contributed by atoms with Gasteiger partial charge in [-0.2, -0.15) is 4.31 Å². The quantitative estimate of drug-likeness (QED) is 0.882. The maximum absolute atomic E-state index is 12.4. The van der Waals surface area contributed by atoms with Gasteiger partial charge in [-0.1, -0.05) is 6.92 Å². The molecule has 1 aromatic heterocycles. The van der Waals surface area contributed by atoms with Gasteiger partial charge in [-0.25, -0.2) is 8.42 Å². The van der Waals surface area contributed by atoms with E-state index in [2.05, 4.69) is 27.8 Å². The summed E-state index contributed by atoms with van der Waals surface area (Å²) in [5.74, 6) is 0.358. The summed E-state index contributed by atoms with van der Waals surface area (Å²) >= 11 is 3.23. The van der Waals surface area contributed by atoms with Crippen molar-refractivity contribution in [2.45, 2.75) is 24.3 Å². The molecule has 0 aromatic carbocycles. The lowest BCUT2D eigenvalue weighted by Gasteiger charge is -2.34. The Balaban J connectivity index is 2.27. The monoisotopic (exact) mass is 333 g/mol. The lowest BCUT2D eigenvalue weighted by molar-refractivity contribution is 0.253. The van der Waals surface area contributed by atoms with Gasteiger partial charge >= 0.3 is 0 Å². The molecule has 1 fully saturated rings. The van der Waals surface area contributed by atoms with Crippen LogP contribution in [-0.2, 0) is 10.0 Å². The number of halogens is 1. The predicted molar refractivity (Wildman–Crippen MR) is 72.5 cm³/mol. The van der Waals surface area contributed by atoms with Crippen molar-refractivity contribution in [3.8, 4) is 0 Å². The molecular weight excluding hydrogens is 318 g/mol. The van der Waals surface area contributed by atoms with E-state index in [1.165, 1.54) is 10.5 Å². The van der Waals surface area contributed by atoms with Gasteiger partial charge in [-0.3, -0.25) is 4.98 Å². The van der Waals surface area contributed by atoms with E-state index in [-0.39, 0.29) is 10.9 Å². The number of nitrogens with two attached hydrogens (primary N) is 1. The van der Waals surface area contributed by atoms with Crippen LogP contribution in [0.3, 0.4) is 0 Å². The largest absolute Gasteiger partial charge is 0.326 e. The van der Waals surface area contributed by atoms with Crippen LogP contribution in [0, 0.1) is 5.92 Å². The number of piperidine rings is 1. The lowest BCUT2D eigenvalue weighted by atomic mass is 9.96. The first-order valence-corrected chi connectivity index (χ1v) is 8.01. The number of hydrogen-bond donors (Lipinski definition) is 1. The molecule has 5 nitrogen and oxygen atoms in total. The molecular formula is C11H16BrN3O2S. The van der Waals surface area contributed by atoms with Crippen molar-refractivity contribution in [2.75, 3.05) is 13.1 Å². The second kappa shape index (κ2) is 5.24. The summed E-state index contributed by atoms with van der Waals surface area (Å²) in [5, 5.41) is 0. The second-order valence-corrected chi connectivity index (χ2v) is 7.49. The van der Waals surface area contributed by atoms with Gasteiger partial charge < -0.3 is 5.73 Å². The third-order valence-electron chi connectivity index (χ3n) is 3.30. The van der Waals surface area contributed by atoms with Crippen LogP contribution < -0.4 is 5.73 Å². The minimum Gasteiger partial charge on any atom is -0.326 e. The zero-order chi connectivity index (χ0) is 13.3. The van der Waals surface area contributed by atoms with Crippen LogP contribution in [0.1, 0.15) is 13.3 Å². The minimum absolute atomic E-state index is 0.103. The van der Waals surface area contributed by atoms with Crippen molar-refractivity contribution in [3.63, 3.8) is 0 Å². The molecule has 0 aliphatic carbocycles. The van der Waals surface area contributed by atoms with Gasteiger partial charge in [-0.15, -0.1) is 0 Å². The molecule has 2 unspecified atom stereocenters. The Labute approximate surface area is 116 Å². The van der Waals surface area contributed by atoms with Crippen molar-refractivity contribution in [1.82, 2.24) is 9.29 Å². The van der Waals surface area contributed by atoms with Gasteiger partial charge in [0.15, 0.2) is 0 Å². The smallest absolute Gasteiger partial charge is 0.244 e. The van der Waals surface area contributed by atoms with Crippen LogP contribution in [0.4, 0.5) is 0 Å². The number of aromatic nitrogens is 1. The SMILES string of the molecule is CC1CCN(S(=O)(=O)c2cncc(Br)c2)CC1N. The Morgan fingerprint density at radius 2 is 2.22 bits per heavy atom. The van der Waals surface area contributed by atoms with Crippen LogP contribution in [0.2, 0.25) is 0 Å². The van der Waals surface area contributed by atoms with Gasteiger partial charge in [0.25, 0.3) is 0 Å². The molecule has 0 bridgehead atoms. The third-order valence-corrected chi connectivity index (χ3v) is 5.56. The molecule has 0 amide bonds. The van der Waals surface area contributed by atoms with Gasteiger partial charge in [-0.05, 0) is 34.3 Å². The highest BCUT2D eigenvalue weighted by molar-refractivity contribution is 9.10. The van der Waals surface area contributed by atoms with Gasteiger partial charge in [0.05, 0.1) is 0 Å². The highest BCUT2D eigenvalue weighted by Crippen LogP contribution is 2.23. The maximum atomic E-state index is 12.4. The van der Waals surface area contributed by atoms with Gasteiger partial charge in [0.2, 0.25) is 10.0 Å². The van der Waals surface area contributed by atoms with Crippen molar-refractivity contribution in [3.05, 3.63) is 22.9 Å². The second-order valence-electron chi connectivity index (χ2n) is 4.63. The Bertz CT molecular complexity index is 535. The molecule has 2 rings (SSSR count). The summed E-state index contributed by atoms with van der Waals surface area (Å²) in [4.78, 5) is 4.10. The molecule has 1 saturated heterocycles. The average Bonchev–Trinajstić information content (AvgIpc) is 2.32. The predicted octanol–water partition coefficient (Wildman–Crippen LogP) is 1.20. The molecule has 100 valence electrons. The average molecular weight is 334 g/mol. The molecule has 0 spiro atoms. The van der Waals surface area contributed by atoms with Gasteiger partial charge in [0.1, 0.15) is 4.90 Å². The summed E-state index contributed by atoms with van der Waals surface area (Å²) in [6.45, 7) is 2.94.